The van der Waals surface area contributed by atoms with Crippen LogP contribution >= 0.6 is 11.6 Å². The van der Waals surface area contributed by atoms with Crippen molar-refractivity contribution in [1.29, 1.82) is 0 Å². The van der Waals surface area contributed by atoms with Crippen LogP contribution in [0.3, 0.4) is 0 Å². The van der Waals surface area contributed by atoms with Crippen LogP contribution in [0.2, 0.25) is 5.02 Å². The van der Waals surface area contributed by atoms with Crippen LogP contribution in [0.15, 0.2) is 30.3 Å². The van der Waals surface area contributed by atoms with Crippen molar-refractivity contribution in [3.63, 3.8) is 0 Å². The summed E-state index contributed by atoms with van der Waals surface area (Å²) >= 11 is 6.35. The zero-order valence-corrected chi connectivity index (χ0v) is 16.2. The van der Waals surface area contributed by atoms with Crippen molar-refractivity contribution in [1.82, 2.24) is 4.98 Å². The first-order valence-electron chi connectivity index (χ1n) is 8.83. The molecular weight excluding hydrogens is 348 g/mol. The van der Waals surface area contributed by atoms with Crippen LogP contribution in [0.4, 0.5) is 0 Å². The van der Waals surface area contributed by atoms with Crippen LogP contribution in [0, 0.1) is 6.92 Å². The summed E-state index contributed by atoms with van der Waals surface area (Å²) in [4.78, 5) is 3.59. The average Bonchev–Trinajstić information content (AvgIpc) is 3.03. The lowest BCUT2D eigenvalue weighted by Crippen LogP contribution is -2.00. The lowest BCUT2D eigenvalue weighted by Gasteiger charge is -2.14. The minimum atomic E-state index is 0.695. The van der Waals surface area contributed by atoms with Crippen molar-refractivity contribution in [2.75, 3.05) is 20.8 Å². The Morgan fingerprint density at radius 2 is 1.73 bits per heavy atom. The van der Waals surface area contributed by atoms with Gasteiger partial charge >= 0.3 is 0 Å². The zero-order chi connectivity index (χ0) is 18.7. The van der Waals surface area contributed by atoms with E-state index in [2.05, 4.69) is 11.1 Å². The van der Waals surface area contributed by atoms with Gasteiger partial charge in [-0.05, 0) is 62.1 Å². The summed E-state index contributed by atoms with van der Waals surface area (Å²) < 4.78 is 11.3. The summed E-state index contributed by atoms with van der Waals surface area (Å²) in [7, 11) is 3.36. The fourth-order valence-corrected chi connectivity index (χ4v) is 3.61. The molecule has 0 saturated carbocycles. The SMILES string of the molecule is COc1cccc(OC)c1-c1[nH]c2c(C)c(Cl)ccc2c1CCCCN. The second-order valence-corrected chi connectivity index (χ2v) is 6.76. The number of methoxy groups -OCH3 is 2. The monoisotopic (exact) mass is 372 g/mol. The van der Waals surface area contributed by atoms with Crippen molar-refractivity contribution < 1.29 is 9.47 Å². The molecule has 0 atom stereocenters. The molecule has 138 valence electrons. The predicted octanol–water partition coefficient (Wildman–Crippen LogP) is 5.10. The Morgan fingerprint density at radius 3 is 2.35 bits per heavy atom. The van der Waals surface area contributed by atoms with Crippen LogP contribution in [0.1, 0.15) is 24.0 Å². The van der Waals surface area contributed by atoms with Crippen molar-refractivity contribution in [3.05, 3.63) is 46.5 Å². The molecule has 3 aromatic rings. The smallest absolute Gasteiger partial charge is 0.131 e. The lowest BCUT2D eigenvalue weighted by molar-refractivity contribution is 0.397. The number of benzene rings is 2. The van der Waals surface area contributed by atoms with E-state index in [9.17, 15) is 0 Å². The highest BCUT2D eigenvalue weighted by Gasteiger charge is 2.21. The Morgan fingerprint density at radius 1 is 1.04 bits per heavy atom. The summed E-state index contributed by atoms with van der Waals surface area (Å²) in [5, 5.41) is 1.94. The maximum absolute atomic E-state index is 6.35. The topological polar surface area (TPSA) is 60.3 Å². The Labute approximate surface area is 159 Å². The number of H-pyrrole nitrogens is 1. The third-order valence-corrected chi connectivity index (χ3v) is 5.24. The fourth-order valence-electron chi connectivity index (χ4n) is 3.45. The van der Waals surface area contributed by atoms with Gasteiger partial charge < -0.3 is 20.2 Å². The molecule has 1 aromatic heterocycles. The third-order valence-electron chi connectivity index (χ3n) is 4.83. The van der Waals surface area contributed by atoms with Crippen LogP contribution < -0.4 is 15.2 Å². The molecule has 0 unspecified atom stereocenters. The Balaban J connectivity index is 2.28. The number of nitrogens with one attached hydrogen (secondary N) is 1. The molecule has 0 spiro atoms. The normalized spacial score (nSPS) is 11.1. The van der Waals surface area contributed by atoms with Gasteiger partial charge in [-0.25, -0.2) is 0 Å². The summed E-state index contributed by atoms with van der Waals surface area (Å²) in [6.07, 6.45) is 2.94. The molecule has 3 rings (SSSR count). The van der Waals surface area contributed by atoms with E-state index in [1.165, 1.54) is 10.9 Å². The van der Waals surface area contributed by atoms with Gasteiger partial charge in [-0.15, -0.1) is 0 Å². The van der Waals surface area contributed by atoms with E-state index in [1.54, 1.807) is 14.2 Å². The number of aryl methyl sites for hydroxylation is 2. The van der Waals surface area contributed by atoms with Gasteiger partial charge in [0, 0.05) is 10.4 Å². The van der Waals surface area contributed by atoms with Gasteiger partial charge in [0.2, 0.25) is 0 Å². The second kappa shape index (κ2) is 8.02. The number of halogens is 1. The number of aromatic amines is 1. The molecule has 0 bridgehead atoms. The number of aromatic nitrogens is 1. The molecular formula is C21H25ClN2O2. The molecule has 0 saturated heterocycles. The fraction of sp³-hybridized carbons (Fsp3) is 0.333. The molecule has 0 aliphatic rings. The van der Waals surface area contributed by atoms with E-state index < -0.39 is 0 Å². The van der Waals surface area contributed by atoms with E-state index in [-0.39, 0.29) is 0 Å². The zero-order valence-electron chi connectivity index (χ0n) is 15.5. The number of rotatable bonds is 7. The molecule has 0 amide bonds. The molecule has 2 aromatic carbocycles. The van der Waals surface area contributed by atoms with Crippen LogP contribution in [0.5, 0.6) is 11.5 Å². The van der Waals surface area contributed by atoms with Crippen LogP contribution in [-0.2, 0) is 6.42 Å². The lowest BCUT2D eigenvalue weighted by atomic mass is 9.98. The van der Waals surface area contributed by atoms with Gasteiger partial charge in [-0.3, -0.25) is 0 Å². The molecule has 0 fully saturated rings. The third kappa shape index (κ3) is 3.27. The minimum absolute atomic E-state index is 0.695. The van der Waals surface area contributed by atoms with Crippen molar-refractivity contribution in [3.8, 4) is 22.8 Å². The van der Waals surface area contributed by atoms with Gasteiger partial charge in [0.15, 0.2) is 0 Å². The first-order valence-corrected chi connectivity index (χ1v) is 9.21. The Hall–Kier alpha value is -2.17. The first-order chi connectivity index (χ1) is 12.6. The van der Waals surface area contributed by atoms with E-state index in [1.807, 2.05) is 31.2 Å². The number of hydrogen-bond acceptors (Lipinski definition) is 3. The van der Waals surface area contributed by atoms with Gasteiger partial charge in [0.05, 0.1) is 31.0 Å². The quantitative estimate of drug-likeness (QED) is 0.567. The highest BCUT2D eigenvalue weighted by molar-refractivity contribution is 6.32. The Bertz CT molecular complexity index is 896. The highest BCUT2D eigenvalue weighted by Crippen LogP contribution is 2.43. The average molecular weight is 373 g/mol. The molecule has 26 heavy (non-hydrogen) atoms. The predicted molar refractivity (Wildman–Crippen MR) is 109 cm³/mol. The second-order valence-electron chi connectivity index (χ2n) is 6.36. The van der Waals surface area contributed by atoms with Gasteiger partial charge in [-0.2, -0.15) is 0 Å². The van der Waals surface area contributed by atoms with Crippen molar-refractivity contribution in [2.24, 2.45) is 5.73 Å². The summed E-state index contributed by atoms with van der Waals surface area (Å²) in [5.41, 5.74) is 11.0. The van der Waals surface area contributed by atoms with Crippen LogP contribution in [0.25, 0.3) is 22.2 Å². The Kier molecular flexibility index (Phi) is 5.74. The van der Waals surface area contributed by atoms with E-state index in [4.69, 9.17) is 26.8 Å². The first kappa shape index (κ1) is 18.6. The molecule has 0 radical (unpaired) electrons. The number of nitrogens with two attached hydrogens (primary N) is 1. The maximum Gasteiger partial charge on any atom is 0.131 e. The number of unbranched alkanes of at least 4 members (excludes halogenated alkanes) is 1. The highest BCUT2D eigenvalue weighted by atomic mass is 35.5. The number of hydrogen-bond donors (Lipinski definition) is 2. The molecule has 4 nitrogen and oxygen atoms in total. The molecule has 3 N–H and O–H groups in total. The van der Waals surface area contributed by atoms with E-state index in [0.29, 0.717) is 6.54 Å². The molecule has 0 aliphatic heterocycles. The molecule has 5 heteroatoms. The largest absolute Gasteiger partial charge is 0.496 e. The van der Waals surface area contributed by atoms with Crippen LogP contribution in [-0.4, -0.2) is 25.7 Å². The summed E-state index contributed by atoms with van der Waals surface area (Å²) in [6, 6.07) is 9.88. The molecule has 0 aliphatic carbocycles. The number of ether oxygens (including phenoxy) is 2. The standard InChI is InChI=1S/C21H25ClN2O2/c1-13-16(22)11-10-15-14(7-4-5-12-23)21(24-20(13)15)19-17(25-2)8-6-9-18(19)26-3/h6,8-11,24H,4-5,7,12,23H2,1-3H3. The van der Waals surface area contributed by atoms with Crippen molar-refractivity contribution in [2.45, 2.75) is 26.2 Å². The minimum Gasteiger partial charge on any atom is -0.496 e. The van der Waals surface area contributed by atoms with Gasteiger partial charge in [-0.1, -0.05) is 23.7 Å². The van der Waals surface area contributed by atoms with Crippen molar-refractivity contribution >= 4 is 22.5 Å². The maximum atomic E-state index is 6.35. The van der Waals surface area contributed by atoms with E-state index >= 15 is 0 Å². The molecule has 1 heterocycles. The summed E-state index contributed by atoms with van der Waals surface area (Å²) in [5.74, 6) is 1.56. The van der Waals surface area contributed by atoms with Gasteiger partial charge in [0.25, 0.3) is 0 Å². The number of fused-ring (bicyclic) bond motifs is 1. The van der Waals surface area contributed by atoms with E-state index in [0.717, 1.165) is 58.1 Å². The summed E-state index contributed by atoms with van der Waals surface area (Å²) in [6.45, 7) is 2.73. The van der Waals surface area contributed by atoms with Gasteiger partial charge in [0.1, 0.15) is 11.5 Å².